The normalized spacial score (nSPS) is 23.2. The average Bonchev–Trinajstić information content (AvgIpc) is 2.97. The summed E-state index contributed by atoms with van der Waals surface area (Å²) in [7, 11) is 1.29. The van der Waals surface area contributed by atoms with Gasteiger partial charge in [-0.1, -0.05) is 12.1 Å². The van der Waals surface area contributed by atoms with E-state index in [9.17, 15) is 23.2 Å². The fraction of sp³-hybridized carbons (Fsp3) is 0.550. The fourth-order valence-corrected chi connectivity index (χ4v) is 4.17. The minimum Gasteiger partial charge on any atom is -0.369 e. The van der Waals surface area contributed by atoms with Gasteiger partial charge < -0.3 is 20.3 Å². The molecule has 3 aliphatic rings. The second-order valence-corrected chi connectivity index (χ2v) is 8.00. The molecule has 1 unspecified atom stereocenters. The number of benzene rings is 1. The zero-order valence-electron chi connectivity index (χ0n) is 16.6. The number of halogens is 2. The Hall–Kier alpha value is -2.43. The van der Waals surface area contributed by atoms with Crippen molar-refractivity contribution in [3.63, 3.8) is 0 Å². The maximum absolute atomic E-state index is 14.5. The Morgan fingerprint density at radius 3 is 2.70 bits per heavy atom. The van der Waals surface area contributed by atoms with E-state index in [1.54, 1.807) is 18.2 Å². The van der Waals surface area contributed by atoms with E-state index in [1.165, 1.54) is 12.0 Å². The summed E-state index contributed by atoms with van der Waals surface area (Å²) in [5.74, 6) is -4.08. The molecule has 0 bridgehead atoms. The molecule has 30 heavy (non-hydrogen) atoms. The highest BCUT2D eigenvalue weighted by atomic mass is 19.3. The number of rotatable bonds is 7. The van der Waals surface area contributed by atoms with Gasteiger partial charge in [-0.25, -0.2) is 8.78 Å². The Morgan fingerprint density at radius 2 is 2.07 bits per heavy atom. The van der Waals surface area contributed by atoms with Crippen molar-refractivity contribution < 1.29 is 27.9 Å². The summed E-state index contributed by atoms with van der Waals surface area (Å²) in [6.07, 6.45) is 0.488. The number of piperidine rings is 1. The van der Waals surface area contributed by atoms with Crippen LogP contribution >= 0.6 is 0 Å². The highest BCUT2D eigenvalue weighted by molar-refractivity contribution is 6.05. The molecule has 2 saturated heterocycles. The van der Waals surface area contributed by atoms with Crippen LogP contribution in [0, 0.1) is 0 Å². The highest BCUT2D eigenvalue weighted by Crippen LogP contribution is 2.34. The number of alkyl halides is 2. The van der Waals surface area contributed by atoms with Crippen LogP contribution in [0.3, 0.4) is 0 Å². The second kappa shape index (κ2) is 7.68. The Balaban J connectivity index is 1.38. The van der Waals surface area contributed by atoms with Gasteiger partial charge in [0.25, 0.3) is 11.8 Å². The molecule has 0 aliphatic carbocycles. The Morgan fingerprint density at radius 1 is 1.30 bits per heavy atom. The molecule has 1 atom stereocenters. The van der Waals surface area contributed by atoms with Crippen LogP contribution in [0.15, 0.2) is 18.2 Å². The molecule has 3 N–H and O–H groups in total. The molecule has 0 saturated carbocycles. The van der Waals surface area contributed by atoms with E-state index in [2.05, 4.69) is 16.0 Å². The molecular formula is C20H24F2N4O4. The lowest BCUT2D eigenvalue weighted by Gasteiger charge is -2.46. The summed E-state index contributed by atoms with van der Waals surface area (Å²) in [5, 5.41) is 7.87. The smallest absolute Gasteiger partial charge is 0.291 e. The topological polar surface area (TPSA) is 99.8 Å². The van der Waals surface area contributed by atoms with Gasteiger partial charge in [0.2, 0.25) is 11.8 Å². The lowest BCUT2D eigenvalue weighted by atomic mass is 9.88. The van der Waals surface area contributed by atoms with Crippen molar-refractivity contribution in [1.82, 2.24) is 20.9 Å². The molecule has 3 amide bonds. The van der Waals surface area contributed by atoms with Crippen molar-refractivity contribution in [2.75, 3.05) is 26.7 Å². The van der Waals surface area contributed by atoms with Gasteiger partial charge in [0.1, 0.15) is 6.04 Å². The van der Waals surface area contributed by atoms with Crippen molar-refractivity contribution in [2.24, 2.45) is 0 Å². The maximum Gasteiger partial charge on any atom is 0.291 e. The van der Waals surface area contributed by atoms with Gasteiger partial charge in [-0.15, -0.1) is 0 Å². The standard InChI is InChI=1S/C20H24F2N4O4/c1-30-19(9-24-10-19)20(21,22)11-23-7-12-2-3-14-13(6-12)8-26(18(14)29)15-4-5-16(27)25-17(15)28/h2-3,6,15,23-24H,4-5,7-11H2,1H3,(H,25,27,28). The van der Waals surface area contributed by atoms with Gasteiger partial charge in [0.15, 0.2) is 5.60 Å². The summed E-state index contributed by atoms with van der Waals surface area (Å²) in [6.45, 7) is 0.150. The summed E-state index contributed by atoms with van der Waals surface area (Å²) in [5.41, 5.74) is 0.521. The van der Waals surface area contributed by atoms with Gasteiger partial charge in [-0.05, 0) is 23.6 Å². The molecule has 1 aromatic rings. The Bertz CT molecular complexity index is 882. The van der Waals surface area contributed by atoms with Crippen molar-refractivity contribution in [3.05, 3.63) is 34.9 Å². The number of methoxy groups -OCH3 is 1. The van der Waals surface area contributed by atoms with E-state index in [1.807, 2.05) is 0 Å². The first-order chi connectivity index (χ1) is 14.3. The Kier molecular flexibility index (Phi) is 5.33. The predicted octanol–water partition coefficient (Wildman–Crippen LogP) is 0.161. The first-order valence-electron chi connectivity index (χ1n) is 9.87. The lowest BCUT2D eigenvalue weighted by Crippen LogP contribution is -2.71. The van der Waals surface area contributed by atoms with E-state index < -0.39 is 30.0 Å². The molecule has 162 valence electrons. The summed E-state index contributed by atoms with van der Waals surface area (Å²) in [4.78, 5) is 37.6. The monoisotopic (exact) mass is 422 g/mol. The summed E-state index contributed by atoms with van der Waals surface area (Å²) >= 11 is 0. The molecule has 3 aliphatic heterocycles. The lowest BCUT2D eigenvalue weighted by molar-refractivity contribution is -0.215. The van der Waals surface area contributed by atoms with Crippen LogP contribution in [-0.4, -0.2) is 66.9 Å². The van der Waals surface area contributed by atoms with Crippen LogP contribution in [0.5, 0.6) is 0 Å². The molecule has 4 rings (SSSR count). The average molecular weight is 422 g/mol. The van der Waals surface area contributed by atoms with E-state index in [-0.39, 0.29) is 44.4 Å². The molecule has 10 heteroatoms. The number of amides is 3. The number of hydrogen-bond donors (Lipinski definition) is 3. The Labute approximate surface area is 172 Å². The SMILES string of the molecule is COC1(C(F)(F)CNCc2ccc3c(c2)CN(C2CCC(=O)NC2=O)C3=O)CNC1. The number of fused-ring (bicyclic) bond motifs is 1. The molecule has 0 radical (unpaired) electrons. The second-order valence-electron chi connectivity index (χ2n) is 8.00. The number of hydrogen-bond acceptors (Lipinski definition) is 6. The van der Waals surface area contributed by atoms with Gasteiger partial charge in [0, 0.05) is 45.3 Å². The van der Waals surface area contributed by atoms with E-state index >= 15 is 0 Å². The number of nitrogens with one attached hydrogen (secondary N) is 3. The molecular weight excluding hydrogens is 398 g/mol. The molecule has 1 aromatic carbocycles. The van der Waals surface area contributed by atoms with Crippen molar-refractivity contribution in [3.8, 4) is 0 Å². The zero-order valence-corrected chi connectivity index (χ0v) is 16.6. The number of ether oxygens (including phenoxy) is 1. The first kappa shape index (κ1) is 20.8. The van der Waals surface area contributed by atoms with Gasteiger partial charge in [0.05, 0.1) is 6.54 Å². The third-order valence-corrected chi connectivity index (χ3v) is 6.14. The quantitative estimate of drug-likeness (QED) is 0.542. The summed E-state index contributed by atoms with van der Waals surface area (Å²) < 4.78 is 34.0. The largest absolute Gasteiger partial charge is 0.369 e. The van der Waals surface area contributed by atoms with Crippen LogP contribution in [0.1, 0.15) is 34.3 Å². The van der Waals surface area contributed by atoms with Gasteiger partial charge in [-0.3, -0.25) is 19.7 Å². The van der Waals surface area contributed by atoms with E-state index in [0.29, 0.717) is 12.0 Å². The molecule has 2 fully saturated rings. The fourth-order valence-electron chi connectivity index (χ4n) is 4.17. The predicted molar refractivity (Wildman–Crippen MR) is 102 cm³/mol. The summed E-state index contributed by atoms with van der Waals surface area (Å²) in [6, 6.07) is 4.49. The zero-order chi connectivity index (χ0) is 21.5. The van der Waals surface area contributed by atoms with E-state index in [0.717, 1.165) is 11.1 Å². The molecule has 3 heterocycles. The van der Waals surface area contributed by atoms with Crippen LogP contribution < -0.4 is 16.0 Å². The van der Waals surface area contributed by atoms with Gasteiger partial charge >= 0.3 is 0 Å². The first-order valence-corrected chi connectivity index (χ1v) is 9.87. The number of carbonyl (C=O) groups excluding carboxylic acids is 3. The van der Waals surface area contributed by atoms with Crippen LogP contribution in [-0.2, 0) is 27.4 Å². The highest BCUT2D eigenvalue weighted by Gasteiger charge is 2.57. The number of nitrogens with zero attached hydrogens (tertiary/aromatic N) is 1. The van der Waals surface area contributed by atoms with Gasteiger partial charge in [-0.2, -0.15) is 0 Å². The van der Waals surface area contributed by atoms with Crippen LogP contribution in [0.2, 0.25) is 0 Å². The third-order valence-electron chi connectivity index (χ3n) is 6.14. The molecule has 8 nitrogen and oxygen atoms in total. The molecule has 0 aromatic heterocycles. The van der Waals surface area contributed by atoms with Crippen molar-refractivity contribution >= 4 is 17.7 Å². The minimum atomic E-state index is -3.03. The minimum absolute atomic E-state index is 0.106. The van der Waals surface area contributed by atoms with Crippen molar-refractivity contribution in [1.29, 1.82) is 0 Å². The number of imide groups is 1. The molecule has 0 spiro atoms. The van der Waals surface area contributed by atoms with Crippen molar-refractivity contribution in [2.45, 2.75) is 43.5 Å². The maximum atomic E-state index is 14.5. The number of carbonyl (C=O) groups is 3. The third kappa shape index (κ3) is 3.48. The van der Waals surface area contributed by atoms with Crippen LogP contribution in [0.4, 0.5) is 8.78 Å². The van der Waals surface area contributed by atoms with Crippen LogP contribution in [0.25, 0.3) is 0 Å². The van der Waals surface area contributed by atoms with E-state index in [4.69, 9.17) is 4.74 Å².